The maximum absolute atomic E-state index is 12.2. The fraction of sp³-hybridized carbons (Fsp3) is 0.0714. The Balaban J connectivity index is 3.15. The minimum atomic E-state index is -0.267. The molecule has 0 aliphatic heterocycles. The Morgan fingerprint density at radius 3 is 2.32 bits per heavy atom. The molecular formula is C14H13Cl2NO2. The van der Waals surface area contributed by atoms with Crippen LogP contribution in [-0.2, 0) is 0 Å². The van der Waals surface area contributed by atoms with Gasteiger partial charge in [-0.2, -0.15) is 0 Å². The highest BCUT2D eigenvalue weighted by Gasteiger charge is 2.13. The first-order valence-electron chi connectivity index (χ1n) is 5.33. The molecular weight excluding hydrogens is 285 g/mol. The first-order chi connectivity index (χ1) is 8.99. The molecule has 0 atom stereocenters. The highest BCUT2D eigenvalue weighted by atomic mass is 35.5. The van der Waals surface area contributed by atoms with Crippen LogP contribution in [0, 0.1) is 0 Å². The molecule has 100 valence electrons. The standard InChI is InChI=1S/C14H13Cl2NO2/c1-3-11(12(15)8-13(16)17)14(18)9-4-6-10(19-2)7-5-9/h3-8H,1,17H2,2H3/b12-11-,13-8-. The van der Waals surface area contributed by atoms with Gasteiger partial charge in [0.25, 0.3) is 0 Å². The van der Waals surface area contributed by atoms with Crippen LogP contribution >= 0.6 is 23.2 Å². The largest absolute Gasteiger partial charge is 0.497 e. The van der Waals surface area contributed by atoms with Crippen molar-refractivity contribution >= 4 is 29.0 Å². The summed E-state index contributed by atoms with van der Waals surface area (Å²) in [6, 6.07) is 6.66. The number of Topliss-reactive ketones (excluding diaryl/α,β-unsaturated/α-hetero) is 1. The second-order valence-electron chi connectivity index (χ2n) is 3.55. The van der Waals surface area contributed by atoms with Crippen LogP contribution in [0.1, 0.15) is 10.4 Å². The highest BCUT2D eigenvalue weighted by Crippen LogP contribution is 2.20. The van der Waals surface area contributed by atoms with Gasteiger partial charge in [0, 0.05) is 11.1 Å². The molecule has 2 N–H and O–H groups in total. The molecule has 19 heavy (non-hydrogen) atoms. The van der Waals surface area contributed by atoms with Crippen molar-refractivity contribution in [3.63, 3.8) is 0 Å². The van der Waals surface area contributed by atoms with Gasteiger partial charge < -0.3 is 10.5 Å². The molecule has 3 nitrogen and oxygen atoms in total. The molecule has 1 aromatic rings. The number of benzene rings is 1. The SMILES string of the molecule is C=C/C(C(=O)c1ccc(OC)cc1)=C(Cl)\C=C(/N)Cl. The zero-order valence-electron chi connectivity index (χ0n) is 10.3. The number of nitrogens with two attached hydrogens (primary N) is 1. The average Bonchev–Trinajstić information content (AvgIpc) is 2.38. The molecule has 5 heteroatoms. The summed E-state index contributed by atoms with van der Waals surface area (Å²) in [7, 11) is 1.55. The number of ketones is 1. The van der Waals surface area contributed by atoms with Crippen molar-refractivity contribution in [1.29, 1.82) is 0 Å². The fourth-order valence-electron chi connectivity index (χ4n) is 1.40. The van der Waals surface area contributed by atoms with Crippen LogP contribution in [0.3, 0.4) is 0 Å². The van der Waals surface area contributed by atoms with E-state index >= 15 is 0 Å². The van der Waals surface area contributed by atoms with E-state index in [1.54, 1.807) is 31.4 Å². The van der Waals surface area contributed by atoms with Crippen LogP contribution < -0.4 is 10.5 Å². The molecule has 0 saturated carbocycles. The third-order valence-corrected chi connectivity index (χ3v) is 2.74. The molecule has 0 saturated heterocycles. The monoisotopic (exact) mass is 297 g/mol. The van der Waals surface area contributed by atoms with Crippen molar-refractivity contribution in [3.05, 3.63) is 64.3 Å². The number of carbonyl (C=O) groups excluding carboxylic acids is 1. The topological polar surface area (TPSA) is 52.3 Å². The molecule has 1 aromatic carbocycles. The van der Waals surface area contributed by atoms with E-state index in [1.807, 2.05) is 0 Å². The summed E-state index contributed by atoms with van der Waals surface area (Å²) in [4.78, 5) is 12.2. The fourth-order valence-corrected chi connectivity index (χ4v) is 1.84. The van der Waals surface area contributed by atoms with E-state index in [9.17, 15) is 4.79 Å². The Morgan fingerprint density at radius 1 is 1.32 bits per heavy atom. The Kier molecular flexibility index (Phi) is 5.67. The van der Waals surface area contributed by atoms with Crippen LogP contribution in [0.2, 0.25) is 0 Å². The lowest BCUT2D eigenvalue weighted by molar-refractivity contribution is 0.103. The zero-order chi connectivity index (χ0) is 14.4. The van der Waals surface area contributed by atoms with Crippen LogP contribution in [0.5, 0.6) is 5.75 Å². The van der Waals surface area contributed by atoms with Crippen molar-refractivity contribution in [3.8, 4) is 5.75 Å². The minimum absolute atomic E-state index is 0.00752. The number of halogens is 2. The van der Waals surface area contributed by atoms with Crippen molar-refractivity contribution < 1.29 is 9.53 Å². The van der Waals surface area contributed by atoms with Gasteiger partial charge in [0.1, 0.15) is 10.9 Å². The van der Waals surface area contributed by atoms with E-state index in [1.165, 1.54) is 12.2 Å². The van der Waals surface area contributed by atoms with E-state index in [0.717, 1.165) is 0 Å². The van der Waals surface area contributed by atoms with Crippen LogP contribution in [0.15, 0.2) is 58.8 Å². The number of hydrogen-bond acceptors (Lipinski definition) is 3. The number of methoxy groups -OCH3 is 1. The first kappa shape index (κ1) is 15.3. The number of carbonyl (C=O) groups is 1. The summed E-state index contributed by atoms with van der Waals surface area (Å²) >= 11 is 11.5. The summed E-state index contributed by atoms with van der Waals surface area (Å²) in [6.07, 6.45) is 2.66. The van der Waals surface area contributed by atoms with Crippen molar-refractivity contribution in [2.75, 3.05) is 7.11 Å². The van der Waals surface area contributed by atoms with Gasteiger partial charge in [-0.05, 0) is 30.3 Å². The number of allylic oxidation sites excluding steroid dienone is 4. The predicted octanol–water partition coefficient (Wildman–Crippen LogP) is 3.60. The van der Waals surface area contributed by atoms with E-state index in [-0.39, 0.29) is 21.5 Å². The van der Waals surface area contributed by atoms with Gasteiger partial charge in [0.15, 0.2) is 5.78 Å². The normalized spacial score (nSPS) is 12.7. The maximum Gasteiger partial charge on any atom is 0.194 e. The van der Waals surface area contributed by atoms with E-state index in [2.05, 4.69) is 6.58 Å². The van der Waals surface area contributed by atoms with Gasteiger partial charge in [0.2, 0.25) is 0 Å². The van der Waals surface area contributed by atoms with Crippen molar-refractivity contribution in [1.82, 2.24) is 0 Å². The molecule has 0 unspecified atom stereocenters. The van der Waals surface area contributed by atoms with Gasteiger partial charge in [-0.3, -0.25) is 4.79 Å². The maximum atomic E-state index is 12.2. The van der Waals surface area contributed by atoms with E-state index < -0.39 is 0 Å². The van der Waals surface area contributed by atoms with Crippen LogP contribution in [-0.4, -0.2) is 12.9 Å². The molecule has 1 rings (SSSR count). The highest BCUT2D eigenvalue weighted by molar-refractivity contribution is 6.36. The molecule has 0 amide bonds. The Labute approximate surface area is 122 Å². The molecule has 0 radical (unpaired) electrons. The van der Waals surface area contributed by atoms with Crippen molar-refractivity contribution in [2.24, 2.45) is 5.73 Å². The molecule has 0 bridgehead atoms. The summed E-state index contributed by atoms with van der Waals surface area (Å²) in [6.45, 7) is 3.57. The van der Waals surface area contributed by atoms with E-state index in [0.29, 0.717) is 11.3 Å². The quantitative estimate of drug-likeness (QED) is 0.391. The molecule has 0 fully saturated rings. The summed E-state index contributed by atoms with van der Waals surface area (Å²) in [5.41, 5.74) is 6.01. The van der Waals surface area contributed by atoms with E-state index in [4.69, 9.17) is 33.7 Å². The summed E-state index contributed by atoms with van der Waals surface area (Å²) in [5, 5.41) is 0.134. The van der Waals surface area contributed by atoms with Crippen molar-refractivity contribution in [2.45, 2.75) is 0 Å². The predicted molar refractivity (Wildman–Crippen MR) is 78.5 cm³/mol. The van der Waals surface area contributed by atoms with Crippen LogP contribution in [0.4, 0.5) is 0 Å². The first-order valence-corrected chi connectivity index (χ1v) is 6.08. The van der Waals surface area contributed by atoms with Crippen LogP contribution in [0.25, 0.3) is 0 Å². The van der Waals surface area contributed by atoms with Gasteiger partial charge in [-0.25, -0.2) is 0 Å². The lowest BCUT2D eigenvalue weighted by Gasteiger charge is -2.05. The molecule has 0 aliphatic carbocycles. The lowest BCUT2D eigenvalue weighted by Crippen LogP contribution is -2.03. The third-order valence-electron chi connectivity index (χ3n) is 2.32. The zero-order valence-corrected chi connectivity index (χ0v) is 11.8. The molecule has 0 spiro atoms. The average molecular weight is 298 g/mol. The second kappa shape index (κ2) is 7.02. The number of rotatable bonds is 5. The molecule has 0 aromatic heterocycles. The van der Waals surface area contributed by atoms with Gasteiger partial charge in [-0.1, -0.05) is 35.9 Å². The Bertz CT molecular complexity index is 541. The summed E-state index contributed by atoms with van der Waals surface area (Å²) < 4.78 is 5.02. The molecule has 0 aliphatic rings. The second-order valence-corrected chi connectivity index (χ2v) is 4.40. The summed E-state index contributed by atoms with van der Waals surface area (Å²) in [5.74, 6) is 0.397. The number of ether oxygens (including phenoxy) is 1. The van der Waals surface area contributed by atoms with Gasteiger partial charge >= 0.3 is 0 Å². The molecule has 0 heterocycles. The minimum Gasteiger partial charge on any atom is -0.497 e. The third kappa shape index (κ3) is 4.16. The lowest BCUT2D eigenvalue weighted by atomic mass is 10.0. The number of hydrogen-bond donors (Lipinski definition) is 1. The Morgan fingerprint density at radius 2 is 1.89 bits per heavy atom. The smallest absolute Gasteiger partial charge is 0.194 e. The van der Waals surface area contributed by atoms with Gasteiger partial charge in [0.05, 0.1) is 12.1 Å². The Hall–Kier alpha value is -1.71. The van der Waals surface area contributed by atoms with Gasteiger partial charge in [-0.15, -0.1) is 0 Å².